The summed E-state index contributed by atoms with van der Waals surface area (Å²) in [5.41, 5.74) is 2.23. The number of nitrogens with one attached hydrogen (secondary N) is 1. The molecule has 7 heteroatoms. The summed E-state index contributed by atoms with van der Waals surface area (Å²) in [6, 6.07) is 9.09. The van der Waals surface area contributed by atoms with E-state index in [-0.39, 0.29) is 5.56 Å². The smallest absolute Gasteiger partial charge is 0.338 e. The maximum atomic E-state index is 13.5. The Balaban J connectivity index is 1.67. The third-order valence-electron chi connectivity index (χ3n) is 3.80. The summed E-state index contributed by atoms with van der Waals surface area (Å²) in [4.78, 5) is 32.6. The second kappa shape index (κ2) is 7.26. The zero-order valence-corrected chi connectivity index (χ0v) is 14.2. The van der Waals surface area contributed by atoms with Gasteiger partial charge in [0.05, 0.1) is 16.6 Å². The minimum atomic E-state index is -1.05. The van der Waals surface area contributed by atoms with Crippen LogP contribution in [0.1, 0.15) is 22.8 Å². The number of hydrogen-bond acceptors (Lipinski definition) is 5. The second-order valence-corrected chi connectivity index (χ2v) is 5.76. The Morgan fingerprint density at radius 2 is 1.81 bits per heavy atom. The highest BCUT2D eigenvalue weighted by Gasteiger charge is 2.19. The molecule has 0 unspecified atom stereocenters. The number of carbonyl (C=O) groups excluding carboxylic acids is 2. The van der Waals surface area contributed by atoms with Crippen LogP contribution in [0.5, 0.6) is 0 Å². The van der Waals surface area contributed by atoms with E-state index in [1.54, 1.807) is 43.5 Å². The quantitative estimate of drug-likeness (QED) is 0.728. The molecule has 0 aliphatic rings. The van der Waals surface area contributed by atoms with Gasteiger partial charge in [-0.25, -0.2) is 9.18 Å². The lowest BCUT2D eigenvalue weighted by Crippen LogP contribution is -2.30. The summed E-state index contributed by atoms with van der Waals surface area (Å²) < 4.78 is 18.7. The third kappa shape index (κ3) is 3.83. The highest BCUT2D eigenvalue weighted by Crippen LogP contribution is 2.15. The van der Waals surface area contributed by atoms with Crippen molar-refractivity contribution in [2.75, 3.05) is 5.32 Å². The molecule has 0 aliphatic heterocycles. The zero-order chi connectivity index (χ0) is 18.7. The average Bonchev–Trinajstić information content (AvgIpc) is 2.64. The standard InChI is InChI=1S/C19H16FN3O3/c1-11-3-5-14(10-15(11)20)23-18(24)12(2)26-19(25)13-4-6-16-17(9-13)22-8-7-21-16/h3-10,12H,1-2H3,(H,23,24)/t12-/m0/s1. The molecule has 0 radical (unpaired) electrons. The van der Waals surface area contributed by atoms with Crippen LogP contribution in [0.4, 0.5) is 10.1 Å². The van der Waals surface area contributed by atoms with Crippen LogP contribution in [0.25, 0.3) is 11.0 Å². The van der Waals surface area contributed by atoms with Crippen molar-refractivity contribution in [1.29, 1.82) is 0 Å². The van der Waals surface area contributed by atoms with Crippen molar-refractivity contribution in [3.63, 3.8) is 0 Å². The molecule has 3 aromatic rings. The van der Waals surface area contributed by atoms with Crippen molar-refractivity contribution >= 4 is 28.6 Å². The molecule has 0 aliphatic carbocycles. The Morgan fingerprint density at radius 1 is 1.08 bits per heavy atom. The van der Waals surface area contributed by atoms with E-state index in [0.29, 0.717) is 22.3 Å². The number of fused-ring (bicyclic) bond motifs is 1. The van der Waals surface area contributed by atoms with Crippen LogP contribution in [-0.2, 0) is 9.53 Å². The Labute approximate surface area is 149 Å². The van der Waals surface area contributed by atoms with E-state index in [9.17, 15) is 14.0 Å². The summed E-state index contributed by atoms with van der Waals surface area (Å²) in [5.74, 6) is -1.64. The summed E-state index contributed by atoms with van der Waals surface area (Å²) in [5, 5.41) is 2.52. The minimum Gasteiger partial charge on any atom is -0.449 e. The van der Waals surface area contributed by atoms with Crippen LogP contribution in [0.2, 0.25) is 0 Å². The van der Waals surface area contributed by atoms with Gasteiger partial charge < -0.3 is 10.1 Å². The highest BCUT2D eigenvalue weighted by atomic mass is 19.1. The molecule has 2 aromatic carbocycles. The molecular formula is C19H16FN3O3. The molecule has 132 valence electrons. The molecule has 0 spiro atoms. The molecule has 1 aromatic heterocycles. The van der Waals surface area contributed by atoms with E-state index in [1.165, 1.54) is 19.2 Å². The van der Waals surface area contributed by atoms with Crippen molar-refractivity contribution in [2.45, 2.75) is 20.0 Å². The Morgan fingerprint density at radius 3 is 2.54 bits per heavy atom. The van der Waals surface area contributed by atoms with Crippen molar-refractivity contribution in [3.8, 4) is 0 Å². The van der Waals surface area contributed by atoms with Gasteiger partial charge in [0.2, 0.25) is 0 Å². The molecule has 0 saturated heterocycles. The predicted octanol–water partition coefficient (Wildman–Crippen LogP) is 3.26. The van der Waals surface area contributed by atoms with Crippen LogP contribution < -0.4 is 5.32 Å². The molecular weight excluding hydrogens is 337 g/mol. The van der Waals surface area contributed by atoms with Gasteiger partial charge in [-0.1, -0.05) is 6.07 Å². The van der Waals surface area contributed by atoms with Gasteiger partial charge in [-0.15, -0.1) is 0 Å². The van der Waals surface area contributed by atoms with E-state index >= 15 is 0 Å². The van der Waals surface area contributed by atoms with Gasteiger partial charge in [-0.05, 0) is 49.7 Å². The number of ether oxygens (including phenoxy) is 1. The lowest BCUT2D eigenvalue weighted by atomic mass is 10.2. The Kier molecular flexibility index (Phi) is 4.88. The summed E-state index contributed by atoms with van der Waals surface area (Å²) in [6.07, 6.45) is 2.03. The van der Waals surface area contributed by atoms with E-state index in [4.69, 9.17) is 4.74 Å². The molecule has 6 nitrogen and oxygen atoms in total. The number of benzene rings is 2. The first kappa shape index (κ1) is 17.5. The molecule has 0 fully saturated rings. The van der Waals surface area contributed by atoms with Gasteiger partial charge in [-0.3, -0.25) is 14.8 Å². The summed E-state index contributed by atoms with van der Waals surface area (Å²) >= 11 is 0. The number of esters is 1. The maximum Gasteiger partial charge on any atom is 0.338 e. The number of aryl methyl sites for hydroxylation is 1. The van der Waals surface area contributed by atoms with Crippen molar-refractivity contribution in [2.24, 2.45) is 0 Å². The SMILES string of the molecule is Cc1ccc(NC(=O)[C@H](C)OC(=O)c2ccc3nccnc3c2)cc1F. The molecule has 26 heavy (non-hydrogen) atoms. The normalized spacial score (nSPS) is 11.8. The lowest BCUT2D eigenvalue weighted by Gasteiger charge is -2.14. The van der Waals surface area contributed by atoms with Gasteiger partial charge >= 0.3 is 5.97 Å². The Bertz CT molecular complexity index is 991. The van der Waals surface area contributed by atoms with Gasteiger partial charge in [0.25, 0.3) is 5.91 Å². The van der Waals surface area contributed by atoms with Crippen LogP contribution in [0.15, 0.2) is 48.8 Å². The number of nitrogens with zero attached hydrogens (tertiary/aromatic N) is 2. The van der Waals surface area contributed by atoms with Crippen molar-refractivity contribution in [1.82, 2.24) is 9.97 Å². The van der Waals surface area contributed by atoms with E-state index in [2.05, 4.69) is 15.3 Å². The molecule has 0 bridgehead atoms. The minimum absolute atomic E-state index is 0.263. The third-order valence-corrected chi connectivity index (χ3v) is 3.80. The van der Waals surface area contributed by atoms with Crippen LogP contribution >= 0.6 is 0 Å². The first-order valence-corrected chi connectivity index (χ1v) is 7.93. The topological polar surface area (TPSA) is 81.2 Å². The van der Waals surface area contributed by atoms with Crippen LogP contribution in [-0.4, -0.2) is 27.9 Å². The number of rotatable bonds is 4. The van der Waals surface area contributed by atoms with Crippen molar-refractivity contribution < 1.29 is 18.7 Å². The molecule has 0 saturated carbocycles. The van der Waals surface area contributed by atoms with Gasteiger partial charge in [0.15, 0.2) is 6.10 Å². The first-order chi connectivity index (χ1) is 12.4. The summed E-state index contributed by atoms with van der Waals surface area (Å²) in [6.45, 7) is 3.07. The molecule has 1 heterocycles. The van der Waals surface area contributed by atoms with E-state index < -0.39 is 23.8 Å². The second-order valence-electron chi connectivity index (χ2n) is 5.76. The molecule has 1 N–H and O–H groups in total. The van der Waals surface area contributed by atoms with E-state index in [0.717, 1.165) is 0 Å². The largest absolute Gasteiger partial charge is 0.449 e. The lowest BCUT2D eigenvalue weighted by molar-refractivity contribution is -0.123. The number of hydrogen-bond donors (Lipinski definition) is 1. The molecule has 1 atom stereocenters. The Hall–Kier alpha value is -3.35. The van der Waals surface area contributed by atoms with Gasteiger partial charge in [-0.2, -0.15) is 0 Å². The van der Waals surface area contributed by atoms with E-state index in [1.807, 2.05) is 0 Å². The number of halogens is 1. The summed E-state index contributed by atoms with van der Waals surface area (Å²) in [7, 11) is 0. The number of amides is 1. The highest BCUT2D eigenvalue weighted by molar-refractivity contribution is 5.98. The fraction of sp³-hybridized carbons (Fsp3) is 0.158. The van der Waals surface area contributed by atoms with Crippen molar-refractivity contribution in [3.05, 3.63) is 65.7 Å². The van der Waals surface area contributed by atoms with Gasteiger partial charge in [0, 0.05) is 18.1 Å². The average molecular weight is 353 g/mol. The fourth-order valence-corrected chi connectivity index (χ4v) is 2.29. The monoisotopic (exact) mass is 353 g/mol. The first-order valence-electron chi connectivity index (χ1n) is 7.93. The molecule has 3 rings (SSSR count). The number of aromatic nitrogens is 2. The fourth-order valence-electron chi connectivity index (χ4n) is 2.29. The number of carbonyl (C=O) groups is 2. The zero-order valence-electron chi connectivity index (χ0n) is 14.2. The predicted molar refractivity (Wildman–Crippen MR) is 94.2 cm³/mol. The maximum absolute atomic E-state index is 13.5. The van der Waals surface area contributed by atoms with Gasteiger partial charge in [0.1, 0.15) is 5.82 Å². The van der Waals surface area contributed by atoms with Crippen LogP contribution in [0.3, 0.4) is 0 Å². The van der Waals surface area contributed by atoms with Crippen LogP contribution in [0, 0.1) is 12.7 Å². The number of anilines is 1. The molecule has 1 amide bonds.